The zero-order valence-electron chi connectivity index (χ0n) is 8.93. The highest BCUT2D eigenvalue weighted by atomic mass is 35.5. The van der Waals surface area contributed by atoms with E-state index >= 15 is 0 Å². The monoisotopic (exact) mass is 262 g/mol. The first kappa shape index (κ1) is 13.6. The number of halogens is 1. The van der Waals surface area contributed by atoms with Crippen LogP contribution in [-0.2, 0) is 0 Å². The van der Waals surface area contributed by atoms with Crippen LogP contribution in [-0.4, -0.2) is 29.2 Å². The quantitative estimate of drug-likeness (QED) is 0.712. The third-order valence-corrected chi connectivity index (χ3v) is 2.74. The van der Waals surface area contributed by atoms with Crippen LogP contribution in [0, 0.1) is 0 Å². The van der Waals surface area contributed by atoms with Gasteiger partial charge < -0.3 is 14.9 Å². The van der Waals surface area contributed by atoms with E-state index in [9.17, 15) is 10.2 Å². The van der Waals surface area contributed by atoms with Gasteiger partial charge in [0.25, 0.3) is 0 Å². The second kappa shape index (κ2) is 6.35. The van der Waals surface area contributed by atoms with E-state index in [2.05, 4.69) is 12.6 Å². The number of thiol groups is 1. The van der Waals surface area contributed by atoms with Crippen LogP contribution in [0.1, 0.15) is 18.1 Å². The maximum atomic E-state index is 9.87. The first-order chi connectivity index (χ1) is 7.58. The fourth-order valence-corrected chi connectivity index (χ4v) is 1.88. The predicted molar refractivity (Wildman–Crippen MR) is 67.4 cm³/mol. The Bertz CT molecular complexity index is 346. The van der Waals surface area contributed by atoms with E-state index in [1.807, 2.05) is 0 Å². The van der Waals surface area contributed by atoms with Gasteiger partial charge in [0.2, 0.25) is 0 Å². The molecule has 16 heavy (non-hydrogen) atoms. The summed E-state index contributed by atoms with van der Waals surface area (Å²) in [4.78, 5) is 0. The third kappa shape index (κ3) is 3.56. The summed E-state index contributed by atoms with van der Waals surface area (Å²) in [6.07, 6.45) is -1.40. The Balaban J connectivity index is 2.89. The van der Waals surface area contributed by atoms with E-state index < -0.39 is 12.2 Å². The Morgan fingerprint density at radius 3 is 2.62 bits per heavy atom. The molecule has 0 heterocycles. The van der Waals surface area contributed by atoms with Crippen LogP contribution >= 0.6 is 24.2 Å². The first-order valence-corrected chi connectivity index (χ1v) is 5.91. The van der Waals surface area contributed by atoms with Gasteiger partial charge in [0.05, 0.1) is 13.2 Å². The molecular formula is C11H15ClO3S. The van der Waals surface area contributed by atoms with Crippen LogP contribution in [0.4, 0.5) is 0 Å². The Labute approximate surface area is 105 Å². The van der Waals surface area contributed by atoms with Gasteiger partial charge in [-0.3, -0.25) is 0 Å². The lowest BCUT2D eigenvalue weighted by Crippen LogP contribution is -2.18. The van der Waals surface area contributed by atoms with Gasteiger partial charge in [-0.25, -0.2) is 0 Å². The summed E-state index contributed by atoms with van der Waals surface area (Å²) in [6, 6.07) is 4.90. The maximum Gasteiger partial charge on any atom is 0.120 e. The molecule has 0 amide bonds. The molecular weight excluding hydrogens is 248 g/mol. The maximum absolute atomic E-state index is 9.87. The van der Waals surface area contributed by atoms with Crippen LogP contribution in [0.15, 0.2) is 18.2 Å². The summed E-state index contributed by atoms with van der Waals surface area (Å²) >= 11 is 9.87. The second-order valence-electron chi connectivity index (χ2n) is 3.45. The van der Waals surface area contributed by atoms with Crippen molar-refractivity contribution in [2.75, 3.05) is 12.9 Å². The van der Waals surface area contributed by atoms with E-state index in [0.717, 1.165) is 0 Å². The molecule has 1 aromatic carbocycles. The third-order valence-electron chi connectivity index (χ3n) is 2.26. The van der Waals surface area contributed by atoms with Crippen LogP contribution < -0.4 is 4.74 Å². The highest BCUT2D eigenvalue weighted by Gasteiger charge is 2.18. The molecule has 90 valence electrons. The fourth-order valence-electron chi connectivity index (χ4n) is 1.39. The van der Waals surface area contributed by atoms with Crippen molar-refractivity contribution in [2.45, 2.75) is 18.6 Å². The van der Waals surface area contributed by atoms with Crippen molar-refractivity contribution in [1.82, 2.24) is 0 Å². The molecule has 3 nitrogen and oxygen atoms in total. The largest absolute Gasteiger partial charge is 0.497 e. The van der Waals surface area contributed by atoms with Crippen molar-refractivity contribution in [3.63, 3.8) is 0 Å². The van der Waals surface area contributed by atoms with Crippen LogP contribution in [0.3, 0.4) is 0 Å². The average Bonchev–Trinajstić information content (AvgIpc) is 2.27. The molecule has 2 unspecified atom stereocenters. The van der Waals surface area contributed by atoms with Crippen molar-refractivity contribution in [1.29, 1.82) is 0 Å². The minimum atomic E-state index is -0.972. The fraction of sp³-hybridized carbons (Fsp3) is 0.455. The van der Waals surface area contributed by atoms with Crippen LogP contribution in [0.25, 0.3) is 0 Å². The van der Waals surface area contributed by atoms with E-state index in [4.69, 9.17) is 16.3 Å². The number of hydrogen-bond acceptors (Lipinski definition) is 4. The summed E-state index contributed by atoms with van der Waals surface area (Å²) in [6.45, 7) is 0. The average molecular weight is 263 g/mol. The number of rotatable bonds is 5. The number of hydrogen-bond donors (Lipinski definition) is 3. The Morgan fingerprint density at radius 2 is 2.06 bits per heavy atom. The van der Waals surface area contributed by atoms with E-state index in [0.29, 0.717) is 28.5 Å². The van der Waals surface area contributed by atoms with Crippen molar-refractivity contribution in [2.24, 2.45) is 0 Å². The summed E-state index contributed by atoms with van der Waals surface area (Å²) in [5.41, 5.74) is 0.540. The highest BCUT2D eigenvalue weighted by Crippen LogP contribution is 2.27. The lowest BCUT2D eigenvalue weighted by Gasteiger charge is -2.18. The molecule has 0 saturated carbocycles. The van der Waals surface area contributed by atoms with E-state index in [-0.39, 0.29) is 0 Å². The molecule has 0 aliphatic rings. The molecule has 0 saturated heterocycles. The number of aliphatic hydroxyl groups excluding tert-OH is 2. The molecule has 1 aromatic rings. The summed E-state index contributed by atoms with van der Waals surface area (Å²) in [7, 11) is 1.52. The smallest absolute Gasteiger partial charge is 0.120 e. The van der Waals surface area contributed by atoms with Gasteiger partial charge in [-0.15, -0.1) is 0 Å². The standard InChI is InChI=1S/C11H15ClO3S/c1-15-9-5-7(4-8(12)6-9)11(14)10(13)2-3-16/h4-6,10-11,13-14,16H,2-3H2,1H3. The highest BCUT2D eigenvalue weighted by molar-refractivity contribution is 7.80. The predicted octanol–water partition coefficient (Wildman–Crippen LogP) is 2.06. The van der Waals surface area contributed by atoms with Gasteiger partial charge in [-0.05, 0) is 35.9 Å². The van der Waals surface area contributed by atoms with Gasteiger partial charge in [0.1, 0.15) is 11.9 Å². The first-order valence-electron chi connectivity index (χ1n) is 4.90. The van der Waals surface area contributed by atoms with Crippen molar-refractivity contribution < 1.29 is 14.9 Å². The molecule has 0 spiro atoms. The Kier molecular flexibility index (Phi) is 5.41. The zero-order chi connectivity index (χ0) is 12.1. The molecule has 0 aromatic heterocycles. The minimum absolute atomic E-state index is 0.416. The van der Waals surface area contributed by atoms with Crippen molar-refractivity contribution in [3.8, 4) is 5.75 Å². The lowest BCUT2D eigenvalue weighted by molar-refractivity contribution is 0.0171. The van der Waals surface area contributed by atoms with Crippen molar-refractivity contribution >= 4 is 24.2 Å². The van der Waals surface area contributed by atoms with Gasteiger partial charge in [-0.2, -0.15) is 12.6 Å². The lowest BCUT2D eigenvalue weighted by atomic mass is 10.0. The summed E-state index contributed by atoms with van der Waals surface area (Å²) in [5, 5.41) is 20.0. The Morgan fingerprint density at radius 1 is 1.38 bits per heavy atom. The molecule has 0 bridgehead atoms. The van der Waals surface area contributed by atoms with Crippen molar-refractivity contribution in [3.05, 3.63) is 28.8 Å². The van der Waals surface area contributed by atoms with Crippen LogP contribution in [0.2, 0.25) is 5.02 Å². The minimum Gasteiger partial charge on any atom is -0.497 e. The number of methoxy groups -OCH3 is 1. The summed E-state index contributed by atoms with van der Waals surface area (Å²) < 4.78 is 5.03. The Hall–Kier alpha value is -0.420. The van der Waals surface area contributed by atoms with Crippen LogP contribution in [0.5, 0.6) is 5.75 Å². The normalized spacial score (nSPS) is 14.6. The molecule has 1 rings (SSSR count). The number of ether oxygens (including phenoxy) is 1. The molecule has 2 N–H and O–H groups in total. The molecule has 0 radical (unpaired) electrons. The zero-order valence-corrected chi connectivity index (χ0v) is 10.6. The molecule has 0 aliphatic carbocycles. The van der Waals surface area contributed by atoms with Gasteiger partial charge in [0.15, 0.2) is 0 Å². The van der Waals surface area contributed by atoms with Gasteiger partial charge in [0, 0.05) is 5.02 Å². The topological polar surface area (TPSA) is 49.7 Å². The molecule has 2 atom stereocenters. The summed E-state index contributed by atoms with van der Waals surface area (Å²) in [5.74, 6) is 1.07. The van der Waals surface area contributed by atoms with Gasteiger partial charge >= 0.3 is 0 Å². The number of aliphatic hydroxyl groups is 2. The second-order valence-corrected chi connectivity index (χ2v) is 4.33. The molecule has 0 fully saturated rings. The van der Waals surface area contributed by atoms with Gasteiger partial charge in [-0.1, -0.05) is 11.6 Å². The SMILES string of the molecule is COc1cc(Cl)cc(C(O)C(O)CCS)c1. The molecule has 0 aliphatic heterocycles. The van der Waals surface area contributed by atoms with E-state index in [1.54, 1.807) is 18.2 Å². The number of benzene rings is 1. The van der Waals surface area contributed by atoms with E-state index in [1.165, 1.54) is 7.11 Å². The molecule has 5 heteroatoms.